The number of aliphatic hydroxyl groups excluding tert-OH is 1. The van der Waals surface area contributed by atoms with Gasteiger partial charge in [0.1, 0.15) is 4.90 Å². The number of para-hydroxylation sites is 1. The smallest absolute Gasteiger partial charge is 0.278 e. The molecule has 3 aromatic carbocycles. The normalized spacial score (nSPS) is 15.4. The molecule has 0 saturated carbocycles. The van der Waals surface area contributed by atoms with Crippen molar-refractivity contribution >= 4 is 59.1 Å². The number of benzene rings is 3. The number of sulfonamides is 1. The number of anilines is 1. The van der Waals surface area contributed by atoms with Crippen LogP contribution in [0.25, 0.3) is 26.7 Å². The molecule has 1 amide bonds. The Labute approximate surface area is 176 Å². The van der Waals surface area contributed by atoms with Gasteiger partial charge in [0.05, 0.1) is 10.2 Å². The number of amides is 1. The van der Waals surface area contributed by atoms with E-state index in [0.717, 1.165) is 19.9 Å². The summed E-state index contributed by atoms with van der Waals surface area (Å²) in [6, 6.07) is 17.6. The summed E-state index contributed by atoms with van der Waals surface area (Å²) in [7, 11) is -2.80. The van der Waals surface area contributed by atoms with Crippen molar-refractivity contribution in [3.63, 3.8) is 0 Å². The average molecular weight is 438 g/mol. The van der Waals surface area contributed by atoms with Crippen molar-refractivity contribution in [1.29, 1.82) is 0 Å². The fraction of sp³-hybridized carbons (Fsp3) is 0.0476. The minimum atomic E-state index is -4.05. The third kappa shape index (κ3) is 2.66. The van der Waals surface area contributed by atoms with Crippen molar-refractivity contribution in [2.75, 3.05) is 12.4 Å². The molecule has 0 unspecified atom stereocenters. The van der Waals surface area contributed by atoms with Gasteiger partial charge in [0, 0.05) is 18.0 Å². The maximum atomic E-state index is 13.3. The summed E-state index contributed by atoms with van der Waals surface area (Å²) in [6.45, 7) is 0. The van der Waals surface area contributed by atoms with Crippen LogP contribution in [0, 0.1) is 0 Å². The number of aliphatic hydroxyl groups is 1. The zero-order valence-corrected chi connectivity index (χ0v) is 17.3. The lowest BCUT2D eigenvalue weighted by Crippen LogP contribution is -2.37. The first-order valence-electron chi connectivity index (χ1n) is 8.99. The molecule has 0 aliphatic carbocycles. The van der Waals surface area contributed by atoms with Crippen molar-refractivity contribution in [3.8, 4) is 0 Å². The van der Waals surface area contributed by atoms with E-state index in [2.05, 4.69) is 10.3 Å². The Morgan fingerprint density at radius 2 is 1.80 bits per heavy atom. The highest BCUT2D eigenvalue weighted by Crippen LogP contribution is 2.39. The maximum Gasteiger partial charge on any atom is 0.278 e. The van der Waals surface area contributed by atoms with E-state index in [1.54, 1.807) is 30.3 Å². The highest BCUT2D eigenvalue weighted by molar-refractivity contribution is 7.89. The van der Waals surface area contributed by atoms with E-state index in [1.165, 1.54) is 24.5 Å². The van der Waals surface area contributed by atoms with E-state index in [4.69, 9.17) is 0 Å². The summed E-state index contributed by atoms with van der Waals surface area (Å²) >= 11 is 1.26. The average Bonchev–Trinajstić information content (AvgIpc) is 3.14. The van der Waals surface area contributed by atoms with E-state index in [9.17, 15) is 18.3 Å². The highest BCUT2D eigenvalue weighted by atomic mass is 32.2. The van der Waals surface area contributed by atoms with Gasteiger partial charge in [0.25, 0.3) is 15.9 Å². The molecule has 150 valence electrons. The van der Waals surface area contributed by atoms with Crippen LogP contribution in [-0.2, 0) is 14.8 Å². The summed E-state index contributed by atoms with van der Waals surface area (Å²) in [4.78, 5) is 17.3. The Balaban J connectivity index is 1.64. The molecule has 2 N–H and O–H groups in total. The van der Waals surface area contributed by atoms with Gasteiger partial charge in [-0.2, -0.15) is 0 Å². The van der Waals surface area contributed by atoms with Crippen molar-refractivity contribution < 1.29 is 18.3 Å². The zero-order valence-electron chi connectivity index (χ0n) is 15.7. The standard InChI is InChI=1S/C21H15N3O4S2/c1-24-17(20(26)23-21-22-15-8-4-5-9-16(15)29-21)18(25)14-11-10-12-6-2-3-7-13(12)19(14)30(24,27)28/h2-11,25H,1H3,(H,22,23,26). The summed E-state index contributed by atoms with van der Waals surface area (Å²) in [5.74, 6) is -1.15. The van der Waals surface area contributed by atoms with Gasteiger partial charge >= 0.3 is 0 Å². The minimum Gasteiger partial charge on any atom is -0.505 e. The van der Waals surface area contributed by atoms with Crippen molar-refractivity contribution in [2.24, 2.45) is 0 Å². The predicted octanol–water partition coefficient (Wildman–Crippen LogP) is 3.95. The van der Waals surface area contributed by atoms with Gasteiger partial charge in [0.2, 0.25) is 0 Å². The summed E-state index contributed by atoms with van der Waals surface area (Å²) in [5, 5.41) is 15.0. The fourth-order valence-corrected chi connectivity index (χ4v) is 6.02. The molecule has 30 heavy (non-hydrogen) atoms. The minimum absolute atomic E-state index is 0.0165. The lowest BCUT2D eigenvalue weighted by Gasteiger charge is -2.29. The van der Waals surface area contributed by atoms with Crippen LogP contribution in [0.4, 0.5) is 5.13 Å². The van der Waals surface area contributed by atoms with Crippen molar-refractivity contribution in [2.45, 2.75) is 4.90 Å². The molecule has 0 fully saturated rings. The van der Waals surface area contributed by atoms with Gasteiger partial charge < -0.3 is 5.11 Å². The van der Waals surface area contributed by atoms with Gasteiger partial charge in [-0.25, -0.2) is 13.4 Å². The summed E-state index contributed by atoms with van der Waals surface area (Å²) < 4.78 is 28.2. The number of likely N-dealkylation sites (N-methyl/N-ethyl adjacent to an activating group) is 1. The molecule has 0 bridgehead atoms. The molecular formula is C21H15N3O4S2. The first-order valence-corrected chi connectivity index (χ1v) is 11.2. The largest absolute Gasteiger partial charge is 0.505 e. The molecule has 4 aromatic rings. The quantitative estimate of drug-likeness (QED) is 0.495. The van der Waals surface area contributed by atoms with E-state index in [0.29, 0.717) is 10.5 Å². The lowest BCUT2D eigenvalue weighted by atomic mass is 10.0. The fourth-order valence-electron chi connectivity index (χ4n) is 3.57. The number of nitrogens with one attached hydrogen (secondary N) is 1. The Morgan fingerprint density at radius 3 is 2.60 bits per heavy atom. The number of thiazole rings is 1. The van der Waals surface area contributed by atoms with Crippen LogP contribution < -0.4 is 5.32 Å². The highest BCUT2D eigenvalue weighted by Gasteiger charge is 2.39. The number of rotatable bonds is 2. The van der Waals surface area contributed by atoms with Crippen LogP contribution >= 0.6 is 11.3 Å². The second kappa shape index (κ2) is 6.54. The molecule has 1 aromatic heterocycles. The van der Waals surface area contributed by atoms with Crippen LogP contribution in [-0.4, -0.2) is 35.8 Å². The van der Waals surface area contributed by atoms with E-state index >= 15 is 0 Å². The third-order valence-corrected chi connectivity index (χ3v) is 7.83. The molecule has 1 aliphatic heterocycles. The third-order valence-electron chi connectivity index (χ3n) is 5.02. The number of aromatic nitrogens is 1. The van der Waals surface area contributed by atoms with Crippen LogP contribution in [0.15, 0.2) is 71.3 Å². The number of hydrogen-bond acceptors (Lipinski definition) is 6. The Morgan fingerprint density at radius 1 is 1.07 bits per heavy atom. The van der Waals surface area contributed by atoms with Gasteiger partial charge in [-0.3, -0.25) is 14.4 Å². The zero-order chi connectivity index (χ0) is 21.0. The lowest BCUT2D eigenvalue weighted by molar-refractivity contribution is -0.113. The second-order valence-electron chi connectivity index (χ2n) is 6.77. The summed E-state index contributed by atoms with van der Waals surface area (Å²) in [5.41, 5.74) is 0.468. The molecule has 2 heterocycles. The molecule has 5 rings (SSSR count). The number of fused-ring (bicyclic) bond motifs is 4. The van der Waals surface area contributed by atoms with Crippen LogP contribution in [0.1, 0.15) is 5.56 Å². The first kappa shape index (κ1) is 18.6. The molecule has 7 nitrogen and oxygen atoms in total. The van der Waals surface area contributed by atoms with Crippen LogP contribution in [0.3, 0.4) is 0 Å². The predicted molar refractivity (Wildman–Crippen MR) is 117 cm³/mol. The van der Waals surface area contributed by atoms with Crippen LogP contribution in [0.5, 0.6) is 0 Å². The first-order chi connectivity index (χ1) is 14.4. The molecule has 0 spiro atoms. The van der Waals surface area contributed by atoms with E-state index < -0.39 is 21.7 Å². The molecule has 1 aliphatic rings. The Hall–Kier alpha value is -3.43. The number of nitrogens with zero attached hydrogens (tertiary/aromatic N) is 2. The summed E-state index contributed by atoms with van der Waals surface area (Å²) in [6.07, 6.45) is 0. The van der Waals surface area contributed by atoms with Crippen molar-refractivity contribution in [3.05, 3.63) is 71.9 Å². The van der Waals surface area contributed by atoms with Gasteiger partial charge in [0.15, 0.2) is 16.6 Å². The molecule has 0 radical (unpaired) electrons. The molecule has 0 atom stereocenters. The van der Waals surface area contributed by atoms with Gasteiger partial charge in [-0.1, -0.05) is 53.8 Å². The SMILES string of the molecule is CN1C(C(=O)Nc2nc3ccccc3s2)=C(O)c2ccc3ccccc3c2S1(=O)=O. The monoisotopic (exact) mass is 437 g/mol. The molecule has 9 heteroatoms. The van der Waals surface area contributed by atoms with Gasteiger partial charge in [-0.15, -0.1) is 0 Å². The second-order valence-corrected chi connectivity index (χ2v) is 9.71. The number of hydrogen-bond donors (Lipinski definition) is 2. The maximum absolute atomic E-state index is 13.3. The molecule has 0 saturated heterocycles. The Kier molecular flexibility index (Phi) is 4.05. The van der Waals surface area contributed by atoms with Gasteiger partial charge in [-0.05, 0) is 23.6 Å². The number of carbonyl (C=O) groups is 1. The topological polar surface area (TPSA) is 99.6 Å². The Bertz CT molecular complexity index is 1460. The van der Waals surface area contributed by atoms with E-state index in [-0.39, 0.29) is 16.2 Å². The van der Waals surface area contributed by atoms with Crippen molar-refractivity contribution in [1.82, 2.24) is 9.29 Å². The van der Waals surface area contributed by atoms with Crippen LogP contribution in [0.2, 0.25) is 0 Å². The number of carbonyl (C=O) groups excluding carboxylic acids is 1. The van der Waals surface area contributed by atoms with E-state index in [1.807, 2.05) is 24.3 Å². The molecular weight excluding hydrogens is 422 g/mol.